The van der Waals surface area contributed by atoms with Crippen molar-refractivity contribution in [3.8, 4) is 5.75 Å². The van der Waals surface area contributed by atoms with E-state index in [0.717, 1.165) is 25.3 Å². The lowest BCUT2D eigenvalue weighted by molar-refractivity contribution is 0.103. The van der Waals surface area contributed by atoms with Crippen molar-refractivity contribution >= 4 is 0 Å². The Morgan fingerprint density at radius 1 is 1.39 bits per heavy atom. The molecule has 3 heteroatoms. The van der Waals surface area contributed by atoms with E-state index in [0.29, 0.717) is 6.10 Å². The van der Waals surface area contributed by atoms with E-state index in [1.807, 2.05) is 7.05 Å². The van der Waals surface area contributed by atoms with Crippen LogP contribution in [-0.4, -0.2) is 44.7 Å². The molecule has 3 nitrogen and oxygen atoms in total. The Kier molecular flexibility index (Phi) is 5.02. The van der Waals surface area contributed by atoms with Gasteiger partial charge in [-0.05, 0) is 58.1 Å². The number of likely N-dealkylation sites (tertiary alicyclic amines) is 1. The molecule has 1 aromatic carbocycles. The van der Waals surface area contributed by atoms with Crippen LogP contribution in [0.1, 0.15) is 18.4 Å². The van der Waals surface area contributed by atoms with Crippen molar-refractivity contribution < 1.29 is 4.74 Å². The van der Waals surface area contributed by atoms with Crippen LogP contribution in [-0.2, 0) is 6.42 Å². The molecule has 0 saturated carbocycles. The first kappa shape index (κ1) is 13.4. The van der Waals surface area contributed by atoms with E-state index in [2.05, 4.69) is 41.5 Å². The second-order valence-electron chi connectivity index (χ2n) is 5.11. The van der Waals surface area contributed by atoms with Crippen LogP contribution in [0.2, 0.25) is 0 Å². The van der Waals surface area contributed by atoms with Crippen LogP contribution < -0.4 is 10.1 Å². The van der Waals surface area contributed by atoms with Crippen molar-refractivity contribution in [1.82, 2.24) is 10.2 Å². The van der Waals surface area contributed by atoms with Gasteiger partial charge in [0.15, 0.2) is 0 Å². The highest BCUT2D eigenvalue weighted by Crippen LogP contribution is 2.22. The van der Waals surface area contributed by atoms with Crippen LogP contribution >= 0.6 is 0 Å². The minimum absolute atomic E-state index is 0.347. The van der Waals surface area contributed by atoms with Crippen molar-refractivity contribution in [2.24, 2.45) is 0 Å². The minimum atomic E-state index is 0.347. The minimum Gasteiger partial charge on any atom is -0.489 e. The summed E-state index contributed by atoms with van der Waals surface area (Å²) in [6, 6.07) is 8.41. The van der Waals surface area contributed by atoms with Gasteiger partial charge in [0.05, 0.1) is 0 Å². The molecule has 1 aliphatic heterocycles. The summed E-state index contributed by atoms with van der Waals surface area (Å²) >= 11 is 0. The highest BCUT2D eigenvalue weighted by Gasteiger charge is 2.19. The molecule has 100 valence electrons. The van der Waals surface area contributed by atoms with Crippen molar-refractivity contribution in [3.05, 3.63) is 29.8 Å². The molecule has 0 bridgehead atoms. The fraction of sp³-hybridized carbons (Fsp3) is 0.600. The molecule has 0 aliphatic carbocycles. The second-order valence-corrected chi connectivity index (χ2v) is 5.11. The molecule has 1 fully saturated rings. The molecule has 0 radical (unpaired) electrons. The average Bonchev–Trinajstić information content (AvgIpc) is 2.38. The molecule has 18 heavy (non-hydrogen) atoms. The first-order valence-electron chi connectivity index (χ1n) is 6.87. The summed E-state index contributed by atoms with van der Waals surface area (Å²) in [4.78, 5) is 2.35. The number of likely N-dealkylation sites (N-methyl/N-ethyl adjacent to an activating group) is 2. The SMILES string of the molecule is CNCCc1ccccc1OC1CCCN(C)C1. The van der Waals surface area contributed by atoms with Crippen molar-refractivity contribution in [2.45, 2.75) is 25.4 Å². The lowest BCUT2D eigenvalue weighted by atomic mass is 10.1. The molecule has 1 aliphatic rings. The largest absolute Gasteiger partial charge is 0.489 e. The number of ether oxygens (including phenoxy) is 1. The number of para-hydroxylation sites is 1. The van der Waals surface area contributed by atoms with Gasteiger partial charge in [0.1, 0.15) is 11.9 Å². The molecule has 2 rings (SSSR count). The molecule has 0 spiro atoms. The molecular formula is C15H24N2O. The predicted octanol–water partition coefficient (Wildman–Crippen LogP) is 1.92. The zero-order valence-corrected chi connectivity index (χ0v) is 11.5. The number of nitrogens with one attached hydrogen (secondary N) is 1. The van der Waals surface area contributed by atoms with Gasteiger partial charge in [0.25, 0.3) is 0 Å². The molecule has 1 heterocycles. The maximum absolute atomic E-state index is 6.18. The molecule has 1 unspecified atom stereocenters. The fourth-order valence-corrected chi connectivity index (χ4v) is 2.48. The van der Waals surface area contributed by atoms with E-state index in [9.17, 15) is 0 Å². The van der Waals surface area contributed by atoms with Gasteiger partial charge in [-0.3, -0.25) is 0 Å². The number of nitrogens with zero attached hydrogens (tertiary/aromatic N) is 1. The van der Waals surface area contributed by atoms with Gasteiger partial charge in [-0.15, -0.1) is 0 Å². The van der Waals surface area contributed by atoms with Gasteiger partial charge in [-0.2, -0.15) is 0 Å². The molecule has 0 aromatic heterocycles. The molecule has 0 amide bonds. The number of rotatable bonds is 5. The topological polar surface area (TPSA) is 24.5 Å². The molecule has 1 atom stereocenters. The monoisotopic (exact) mass is 248 g/mol. The number of hydrogen-bond donors (Lipinski definition) is 1. The summed E-state index contributed by atoms with van der Waals surface area (Å²) in [5.74, 6) is 1.06. The van der Waals surface area contributed by atoms with Crippen molar-refractivity contribution in [2.75, 3.05) is 33.7 Å². The van der Waals surface area contributed by atoms with Gasteiger partial charge in [-0.1, -0.05) is 18.2 Å². The molecular weight excluding hydrogens is 224 g/mol. The third-order valence-corrected chi connectivity index (χ3v) is 3.49. The zero-order chi connectivity index (χ0) is 12.8. The summed E-state index contributed by atoms with van der Waals surface area (Å²) in [6.45, 7) is 3.23. The van der Waals surface area contributed by atoms with Gasteiger partial charge >= 0.3 is 0 Å². The maximum atomic E-state index is 6.18. The van der Waals surface area contributed by atoms with E-state index in [1.54, 1.807) is 0 Å². The van der Waals surface area contributed by atoms with E-state index in [1.165, 1.54) is 24.9 Å². The molecule has 1 N–H and O–H groups in total. The molecule has 1 aromatic rings. The number of hydrogen-bond acceptors (Lipinski definition) is 3. The standard InChI is InChI=1S/C15H24N2O/c1-16-10-9-13-6-3-4-8-15(13)18-14-7-5-11-17(2)12-14/h3-4,6,8,14,16H,5,7,9-12H2,1-2H3. The van der Waals surface area contributed by atoms with Crippen LogP contribution in [0.5, 0.6) is 5.75 Å². The highest BCUT2D eigenvalue weighted by molar-refractivity contribution is 5.33. The first-order chi connectivity index (χ1) is 8.79. The Morgan fingerprint density at radius 2 is 2.22 bits per heavy atom. The average molecular weight is 248 g/mol. The Morgan fingerprint density at radius 3 is 3.00 bits per heavy atom. The lowest BCUT2D eigenvalue weighted by Gasteiger charge is -2.30. The van der Waals surface area contributed by atoms with Gasteiger partial charge in [0.2, 0.25) is 0 Å². The summed E-state index contributed by atoms with van der Waals surface area (Å²) in [5, 5.41) is 3.19. The van der Waals surface area contributed by atoms with Crippen molar-refractivity contribution in [1.29, 1.82) is 0 Å². The van der Waals surface area contributed by atoms with Crippen LogP contribution in [0.15, 0.2) is 24.3 Å². The Balaban J connectivity index is 1.99. The van der Waals surface area contributed by atoms with Crippen LogP contribution in [0, 0.1) is 0 Å². The summed E-state index contributed by atoms with van der Waals surface area (Å²) in [7, 11) is 4.15. The van der Waals surface area contributed by atoms with Crippen LogP contribution in [0.3, 0.4) is 0 Å². The van der Waals surface area contributed by atoms with Gasteiger partial charge < -0.3 is 15.0 Å². The van der Waals surface area contributed by atoms with E-state index in [4.69, 9.17) is 4.74 Å². The normalized spacial score (nSPS) is 20.9. The predicted molar refractivity (Wildman–Crippen MR) is 75.2 cm³/mol. The van der Waals surface area contributed by atoms with E-state index < -0.39 is 0 Å². The second kappa shape index (κ2) is 6.76. The third kappa shape index (κ3) is 3.72. The smallest absolute Gasteiger partial charge is 0.123 e. The fourth-order valence-electron chi connectivity index (χ4n) is 2.48. The van der Waals surface area contributed by atoms with Crippen LogP contribution in [0.4, 0.5) is 0 Å². The van der Waals surface area contributed by atoms with Crippen LogP contribution in [0.25, 0.3) is 0 Å². The third-order valence-electron chi connectivity index (χ3n) is 3.49. The Bertz CT molecular complexity index is 367. The van der Waals surface area contributed by atoms with E-state index in [-0.39, 0.29) is 0 Å². The van der Waals surface area contributed by atoms with Gasteiger partial charge in [0, 0.05) is 6.54 Å². The highest BCUT2D eigenvalue weighted by atomic mass is 16.5. The quantitative estimate of drug-likeness (QED) is 0.861. The van der Waals surface area contributed by atoms with E-state index >= 15 is 0 Å². The molecule has 1 saturated heterocycles. The maximum Gasteiger partial charge on any atom is 0.123 e. The zero-order valence-electron chi connectivity index (χ0n) is 11.5. The van der Waals surface area contributed by atoms with Crippen molar-refractivity contribution in [3.63, 3.8) is 0 Å². The summed E-state index contributed by atoms with van der Waals surface area (Å²) in [6.07, 6.45) is 3.78. The Hall–Kier alpha value is -1.06. The first-order valence-corrected chi connectivity index (χ1v) is 6.87. The lowest BCUT2D eigenvalue weighted by Crippen LogP contribution is -2.38. The summed E-state index contributed by atoms with van der Waals surface area (Å²) in [5.41, 5.74) is 1.31. The number of benzene rings is 1. The Labute approximate surface area is 110 Å². The summed E-state index contributed by atoms with van der Waals surface area (Å²) < 4.78 is 6.18. The van der Waals surface area contributed by atoms with Gasteiger partial charge in [-0.25, -0.2) is 0 Å². The number of piperidine rings is 1.